The SMILES string of the molecule is CCN1CCCC[C@H]1C(=O)N1CCCN(Cc2nccn2C)CC1. The van der Waals surface area contributed by atoms with Crippen LogP contribution in [0.15, 0.2) is 12.4 Å². The highest BCUT2D eigenvalue weighted by Crippen LogP contribution is 2.19. The van der Waals surface area contributed by atoms with Gasteiger partial charge in [0.05, 0.1) is 12.6 Å². The minimum Gasteiger partial charge on any atom is -0.340 e. The first kappa shape index (κ1) is 17.4. The van der Waals surface area contributed by atoms with Crippen LogP contribution in [0.25, 0.3) is 0 Å². The highest BCUT2D eigenvalue weighted by Gasteiger charge is 2.31. The zero-order chi connectivity index (χ0) is 16.9. The number of aryl methyl sites for hydroxylation is 1. The van der Waals surface area contributed by atoms with Gasteiger partial charge in [-0.3, -0.25) is 14.6 Å². The minimum absolute atomic E-state index is 0.116. The highest BCUT2D eigenvalue weighted by atomic mass is 16.2. The quantitative estimate of drug-likeness (QED) is 0.834. The summed E-state index contributed by atoms with van der Waals surface area (Å²) in [5, 5.41) is 0. The van der Waals surface area contributed by atoms with Crippen molar-refractivity contribution in [3.63, 3.8) is 0 Å². The third-order valence-corrected chi connectivity index (χ3v) is 5.49. The van der Waals surface area contributed by atoms with Crippen LogP contribution in [0.5, 0.6) is 0 Å². The lowest BCUT2D eigenvalue weighted by Gasteiger charge is -2.36. The van der Waals surface area contributed by atoms with Crippen LogP contribution in [0.1, 0.15) is 38.4 Å². The molecule has 2 aliphatic rings. The fraction of sp³-hybridized carbons (Fsp3) is 0.778. The summed E-state index contributed by atoms with van der Waals surface area (Å²) in [6, 6.07) is 0.116. The molecule has 1 atom stereocenters. The molecule has 0 radical (unpaired) electrons. The lowest BCUT2D eigenvalue weighted by molar-refractivity contribution is -0.138. The van der Waals surface area contributed by atoms with Crippen molar-refractivity contribution in [2.45, 2.75) is 45.2 Å². The molecule has 0 saturated carbocycles. The molecule has 1 aromatic heterocycles. The number of piperidine rings is 1. The van der Waals surface area contributed by atoms with Gasteiger partial charge in [0.15, 0.2) is 0 Å². The highest BCUT2D eigenvalue weighted by molar-refractivity contribution is 5.82. The van der Waals surface area contributed by atoms with Crippen LogP contribution in [-0.2, 0) is 18.4 Å². The molecular weight excluding hydrogens is 302 g/mol. The summed E-state index contributed by atoms with van der Waals surface area (Å²) < 4.78 is 2.08. The van der Waals surface area contributed by atoms with Gasteiger partial charge in [-0.25, -0.2) is 4.98 Å². The van der Waals surface area contributed by atoms with Gasteiger partial charge in [-0.2, -0.15) is 0 Å². The van der Waals surface area contributed by atoms with Crippen molar-refractivity contribution in [1.29, 1.82) is 0 Å². The van der Waals surface area contributed by atoms with Gasteiger partial charge in [0.2, 0.25) is 5.91 Å². The van der Waals surface area contributed by atoms with E-state index in [1.54, 1.807) is 0 Å². The van der Waals surface area contributed by atoms with Crippen LogP contribution in [0.2, 0.25) is 0 Å². The third-order valence-electron chi connectivity index (χ3n) is 5.49. The Labute approximate surface area is 145 Å². The Bertz CT molecular complexity index is 543. The Morgan fingerprint density at radius 3 is 2.79 bits per heavy atom. The minimum atomic E-state index is 0.116. The normalized spacial score (nSPS) is 24.1. The van der Waals surface area contributed by atoms with Crippen LogP contribution >= 0.6 is 0 Å². The molecule has 0 spiro atoms. The van der Waals surface area contributed by atoms with Crippen molar-refractivity contribution in [2.24, 2.45) is 7.05 Å². The number of aromatic nitrogens is 2. The van der Waals surface area contributed by atoms with E-state index in [2.05, 4.69) is 31.2 Å². The van der Waals surface area contributed by atoms with E-state index in [9.17, 15) is 4.79 Å². The summed E-state index contributed by atoms with van der Waals surface area (Å²) in [4.78, 5) is 24.3. The molecule has 0 aliphatic carbocycles. The summed E-state index contributed by atoms with van der Waals surface area (Å²) in [6.45, 7) is 8.82. The second-order valence-electron chi connectivity index (χ2n) is 7.05. The fourth-order valence-corrected chi connectivity index (χ4v) is 3.96. The maximum Gasteiger partial charge on any atom is 0.239 e. The summed E-state index contributed by atoms with van der Waals surface area (Å²) in [5.74, 6) is 1.45. The zero-order valence-corrected chi connectivity index (χ0v) is 15.2. The van der Waals surface area contributed by atoms with Crippen LogP contribution in [-0.4, -0.2) is 75.5 Å². The first-order valence-corrected chi connectivity index (χ1v) is 9.40. The topological polar surface area (TPSA) is 44.6 Å². The predicted octanol–water partition coefficient (Wildman–Crippen LogP) is 1.33. The monoisotopic (exact) mass is 333 g/mol. The van der Waals surface area contributed by atoms with Gasteiger partial charge in [-0.1, -0.05) is 13.3 Å². The average molecular weight is 333 g/mol. The fourth-order valence-electron chi connectivity index (χ4n) is 3.96. The molecule has 3 rings (SSSR count). The Balaban J connectivity index is 1.56. The van der Waals surface area contributed by atoms with Crippen LogP contribution in [0.4, 0.5) is 0 Å². The lowest BCUT2D eigenvalue weighted by atomic mass is 10.0. The summed E-state index contributed by atoms with van der Waals surface area (Å²) in [5.41, 5.74) is 0. The number of likely N-dealkylation sites (N-methyl/N-ethyl adjacent to an activating group) is 1. The number of hydrogen-bond donors (Lipinski definition) is 0. The second kappa shape index (κ2) is 8.12. The number of carbonyl (C=O) groups is 1. The molecular formula is C18H31N5O. The first-order valence-electron chi connectivity index (χ1n) is 9.40. The Morgan fingerprint density at radius 1 is 1.17 bits per heavy atom. The van der Waals surface area contributed by atoms with E-state index in [-0.39, 0.29) is 6.04 Å². The third kappa shape index (κ3) is 3.98. The Hall–Kier alpha value is -1.40. The van der Waals surface area contributed by atoms with E-state index in [4.69, 9.17) is 0 Å². The van der Waals surface area contributed by atoms with E-state index in [0.29, 0.717) is 5.91 Å². The number of amides is 1. The van der Waals surface area contributed by atoms with Crippen LogP contribution < -0.4 is 0 Å². The van der Waals surface area contributed by atoms with Gasteiger partial charge in [-0.15, -0.1) is 0 Å². The molecule has 6 heteroatoms. The van der Waals surface area contributed by atoms with Crippen molar-refractivity contribution in [2.75, 3.05) is 39.3 Å². The maximum absolute atomic E-state index is 13.0. The summed E-state index contributed by atoms with van der Waals surface area (Å²) >= 11 is 0. The molecule has 0 aromatic carbocycles. The van der Waals surface area contributed by atoms with Crippen molar-refractivity contribution in [3.8, 4) is 0 Å². The van der Waals surface area contributed by atoms with Gasteiger partial charge < -0.3 is 9.47 Å². The number of rotatable bonds is 4. The van der Waals surface area contributed by atoms with Gasteiger partial charge in [-0.05, 0) is 32.4 Å². The molecule has 24 heavy (non-hydrogen) atoms. The Kier molecular flexibility index (Phi) is 5.89. The molecule has 0 unspecified atom stereocenters. The molecule has 134 valence electrons. The lowest BCUT2D eigenvalue weighted by Crippen LogP contribution is -2.51. The first-order chi connectivity index (χ1) is 11.7. The number of imidazole rings is 1. The molecule has 3 heterocycles. The molecule has 1 aromatic rings. The van der Waals surface area contributed by atoms with E-state index < -0.39 is 0 Å². The van der Waals surface area contributed by atoms with Crippen molar-refractivity contribution >= 4 is 5.91 Å². The maximum atomic E-state index is 13.0. The number of hydrogen-bond acceptors (Lipinski definition) is 4. The molecule has 1 amide bonds. The van der Waals surface area contributed by atoms with Gasteiger partial charge in [0.1, 0.15) is 5.82 Å². The van der Waals surface area contributed by atoms with Crippen LogP contribution in [0.3, 0.4) is 0 Å². The van der Waals surface area contributed by atoms with E-state index in [0.717, 1.165) is 64.5 Å². The van der Waals surface area contributed by atoms with E-state index in [1.807, 2.05) is 19.4 Å². The van der Waals surface area contributed by atoms with Crippen molar-refractivity contribution in [3.05, 3.63) is 18.2 Å². The van der Waals surface area contributed by atoms with Crippen molar-refractivity contribution in [1.82, 2.24) is 24.3 Å². The van der Waals surface area contributed by atoms with Gasteiger partial charge in [0.25, 0.3) is 0 Å². The molecule has 0 N–H and O–H groups in total. The molecule has 2 aliphatic heterocycles. The molecule has 2 fully saturated rings. The van der Waals surface area contributed by atoms with Crippen LogP contribution in [0, 0.1) is 0 Å². The Morgan fingerprint density at radius 2 is 2.04 bits per heavy atom. The van der Waals surface area contributed by atoms with E-state index >= 15 is 0 Å². The smallest absolute Gasteiger partial charge is 0.239 e. The molecule has 2 saturated heterocycles. The van der Waals surface area contributed by atoms with Gasteiger partial charge in [0, 0.05) is 45.6 Å². The average Bonchev–Trinajstić information content (AvgIpc) is 2.87. The standard InChI is InChI=1S/C18H31N5O/c1-3-22-10-5-4-7-16(22)18(24)23-11-6-9-21(13-14-23)15-17-19-8-12-20(17)2/h8,12,16H,3-7,9-11,13-15H2,1-2H3/t16-/m0/s1. The van der Waals surface area contributed by atoms with Crippen molar-refractivity contribution < 1.29 is 4.79 Å². The van der Waals surface area contributed by atoms with E-state index in [1.165, 1.54) is 12.8 Å². The largest absolute Gasteiger partial charge is 0.340 e. The van der Waals surface area contributed by atoms with Gasteiger partial charge >= 0.3 is 0 Å². The number of nitrogens with zero attached hydrogens (tertiary/aromatic N) is 5. The molecule has 0 bridgehead atoms. The number of likely N-dealkylation sites (tertiary alicyclic amines) is 1. The zero-order valence-electron chi connectivity index (χ0n) is 15.2. The number of carbonyl (C=O) groups excluding carboxylic acids is 1. The predicted molar refractivity (Wildman–Crippen MR) is 94.6 cm³/mol. The summed E-state index contributed by atoms with van der Waals surface area (Å²) in [6.07, 6.45) is 8.34. The summed E-state index contributed by atoms with van der Waals surface area (Å²) in [7, 11) is 2.04. The molecule has 6 nitrogen and oxygen atoms in total. The second-order valence-corrected chi connectivity index (χ2v) is 7.05.